The first-order valence-corrected chi connectivity index (χ1v) is 3.18. The number of carbonyl (C=O) groups is 1. The Kier molecular flexibility index (Phi) is 1.97. The van der Waals surface area contributed by atoms with Gasteiger partial charge in [0.15, 0.2) is 5.06 Å². The largest absolute Gasteiger partial charge is 0.435 e. The maximum absolute atomic E-state index is 10.2. The molecule has 10 heavy (non-hydrogen) atoms. The number of epoxide rings is 1. The number of ether oxygens (including phenoxy) is 2. The molecule has 1 fully saturated rings. The van der Waals surface area contributed by atoms with Gasteiger partial charge in [0.25, 0.3) is 0 Å². The van der Waals surface area contributed by atoms with Gasteiger partial charge in [0, 0.05) is 13.0 Å². The molecule has 1 rings (SSSR count). The molecule has 0 aliphatic carbocycles. The second kappa shape index (κ2) is 2.60. The molecule has 0 spiro atoms. The van der Waals surface area contributed by atoms with Crippen LogP contribution in [-0.2, 0) is 14.3 Å². The van der Waals surface area contributed by atoms with Crippen molar-refractivity contribution in [1.29, 1.82) is 0 Å². The van der Waals surface area contributed by atoms with Crippen LogP contribution in [-0.4, -0.2) is 17.6 Å². The van der Waals surface area contributed by atoms with Gasteiger partial charge in [-0.25, -0.2) is 0 Å². The highest BCUT2D eigenvalue weighted by atomic mass is 35.5. The highest BCUT2D eigenvalue weighted by Crippen LogP contribution is 2.32. The van der Waals surface area contributed by atoms with E-state index in [9.17, 15) is 4.79 Å². The summed E-state index contributed by atoms with van der Waals surface area (Å²) in [7, 11) is 0. The molecule has 0 amide bonds. The van der Waals surface area contributed by atoms with Gasteiger partial charge >= 0.3 is 5.97 Å². The molecule has 56 valence electrons. The van der Waals surface area contributed by atoms with Gasteiger partial charge in [0.1, 0.15) is 0 Å². The molecule has 0 aromatic rings. The van der Waals surface area contributed by atoms with E-state index in [4.69, 9.17) is 16.3 Å². The topological polar surface area (TPSA) is 38.8 Å². The standard InChI is InChI=1S/C6H7ClO3/c1-5(8)9-3-2-6(7)4-10-6/h2-3H,4H2,1H3. The number of carbonyl (C=O) groups excluding carboxylic acids is 1. The van der Waals surface area contributed by atoms with Crippen LogP contribution < -0.4 is 0 Å². The Hall–Kier alpha value is -0.540. The lowest BCUT2D eigenvalue weighted by molar-refractivity contribution is -0.135. The first kappa shape index (κ1) is 7.57. The van der Waals surface area contributed by atoms with Crippen LogP contribution in [0.15, 0.2) is 12.3 Å². The van der Waals surface area contributed by atoms with Crippen LogP contribution in [0.3, 0.4) is 0 Å². The van der Waals surface area contributed by atoms with Crippen molar-refractivity contribution >= 4 is 17.6 Å². The van der Waals surface area contributed by atoms with E-state index >= 15 is 0 Å². The van der Waals surface area contributed by atoms with Crippen molar-refractivity contribution in [2.24, 2.45) is 0 Å². The summed E-state index contributed by atoms with van der Waals surface area (Å²) in [5.74, 6) is -0.364. The lowest BCUT2D eigenvalue weighted by Gasteiger charge is -1.91. The second-order valence-electron chi connectivity index (χ2n) is 1.99. The Bertz CT molecular complexity index is 172. The quantitative estimate of drug-likeness (QED) is 0.264. The molecular weight excluding hydrogens is 156 g/mol. The molecule has 1 aliphatic heterocycles. The van der Waals surface area contributed by atoms with Crippen LogP contribution in [0.25, 0.3) is 0 Å². The Balaban J connectivity index is 2.23. The van der Waals surface area contributed by atoms with Crippen LogP contribution in [0.5, 0.6) is 0 Å². The fraction of sp³-hybridized carbons (Fsp3) is 0.500. The number of esters is 1. The van der Waals surface area contributed by atoms with E-state index in [2.05, 4.69) is 4.74 Å². The average Bonchev–Trinajstić information content (AvgIpc) is 2.47. The van der Waals surface area contributed by atoms with Gasteiger partial charge in [-0.05, 0) is 0 Å². The Morgan fingerprint density at radius 2 is 2.50 bits per heavy atom. The molecule has 1 saturated heterocycles. The molecule has 1 heterocycles. The van der Waals surface area contributed by atoms with Crippen LogP contribution in [0.4, 0.5) is 0 Å². The molecule has 0 bridgehead atoms. The Labute approximate surface area is 63.6 Å². The molecule has 1 aliphatic rings. The van der Waals surface area contributed by atoms with Crippen molar-refractivity contribution in [2.45, 2.75) is 12.0 Å². The molecule has 0 N–H and O–H groups in total. The van der Waals surface area contributed by atoms with E-state index in [1.165, 1.54) is 19.3 Å². The minimum absolute atomic E-state index is 0.364. The van der Waals surface area contributed by atoms with Gasteiger partial charge in [-0.3, -0.25) is 4.79 Å². The normalized spacial score (nSPS) is 30.6. The average molecular weight is 163 g/mol. The zero-order valence-electron chi connectivity index (χ0n) is 5.46. The maximum atomic E-state index is 10.2. The van der Waals surface area contributed by atoms with Crippen LogP contribution in [0, 0.1) is 0 Å². The number of alkyl halides is 1. The minimum Gasteiger partial charge on any atom is -0.435 e. The van der Waals surface area contributed by atoms with Crippen LogP contribution >= 0.6 is 11.6 Å². The monoisotopic (exact) mass is 162 g/mol. The van der Waals surface area contributed by atoms with Crippen LogP contribution in [0.2, 0.25) is 0 Å². The molecule has 0 saturated carbocycles. The number of halogens is 1. The summed E-state index contributed by atoms with van der Waals surface area (Å²) >= 11 is 5.63. The van der Waals surface area contributed by atoms with E-state index in [0.29, 0.717) is 6.61 Å². The third-order valence-electron chi connectivity index (χ3n) is 0.971. The van der Waals surface area contributed by atoms with Crippen LogP contribution in [0.1, 0.15) is 6.92 Å². The summed E-state index contributed by atoms with van der Waals surface area (Å²) in [6, 6.07) is 0. The van der Waals surface area contributed by atoms with Gasteiger partial charge in [-0.15, -0.1) is 0 Å². The lowest BCUT2D eigenvalue weighted by atomic mass is 10.5. The van der Waals surface area contributed by atoms with Crippen molar-refractivity contribution < 1.29 is 14.3 Å². The predicted molar refractivity (Wildman–Crippen MR) is 35.4 cm³/mol. The van der Waals surface area contributed by atoms with Gasteiger partial charge in [-0.1, -0.05) is 11.6 Å². The summed E-state index contributed by atoms with van der Waals surface area (Å²) in [6.07, 6.45) is 2.73. The first-order valence-electron chi connectivity index (χ1n) is 2.80. The highest BCUT2D eigenvalue weighted by molar-refractivity contribution is 6.25. The third-order valence-corrected chi connectivity index (χ3v) is 1.32. The summed E-state index contributed by atoms with van der Waals surface area (Å²) in [5.41, 5.74) is 0. The molecule has 4 heteroatoms. The van der Waals surface area contributed by atoms with Gasteiger partial charge in [0.05, 0.1) is 12.9 Å². The SMILES string of the molecule is CC(=O)OC=CC1(Cl)CO1. The summed E-state index contributed by atoms with van der Waals surface area (Å²) in [6.45, 7) is 1.80. The van der Waals surface area contributed by atoms with E-state index < -0.39 is 5.06 Å². The number of hydrogen-bond acceptors (Lipinski definition) is 3. The van der Waals surface area contributed by atoms with Gasteiger partial charge in [-0.2, -0.15) is 0 Å². The summed E-state index contributed by atoms with van der Waals surface area (Å²) in [5, 5.41) is -0.699. The molecule has 3 nitrogen and oxygen atoms in total. The Morgan fingerprint density at radius 3 is 2.90 bits per heavy atom. The molecule has 1 atom stereocenters. The van der Waals surface area contributed by atoms with E-state index in [1.54, 1.807) is 0 Å². The third kappa shape index (κ3) is 2.37. The zero-order valence-corrected chi connectivity index (χ0v) is 6.22. The van der Waals surface area contributed by atoms with E-state index in [1.807, 2.05) is 0 Å². The second-order valence-corrected chi connectivity index (χ2v) is 2.63. The van der Waals surface area contributed by atoms with E-state index in [0.717, 1.165) is 0 Å². The molecular formula is C6H7ClO3. The van der Waals surface area contributed by atoms with Gasteiger partial charge < -0.3 is 9.47 Å². The van der Waals surface area contributed by atoms with Crippen molar-refractivity contribution in [3.8, 4) is 0 Å². The predicted octanol–water partition coefficient (Wildman–Crippen LogP) is 1.03. The summed E-state index contributed by atoms with van der Waals surface area (Å²) in [4.78, 5) is 10.2. The Morgan fingerprint density at radius 1 is 1.90 bits per heavy atom. The highest BCUT2D eigenvalue weighted by Gasteiger charge is 2.39. The van der Waals surface area contributed by atoms with Crippen molar-refractivity contribution in [3.63, 3.8) is 0 Å². The smallest absolute Gasteiger partial charge is 0.307 e. The summed E-state index contributed by atoms with van der Waals surface area (Å²) < 4.78 is 9.24. The first-order chi connectivity index (χ1) is 4.62. The fourth-order valence-corrected chi connectivity index (χ4v) is 0.503. The maximum Gasteiger partial charge on any atom is 0.307 e. The minimum atomic E-state index is -0.699. The molecule has 0 radical (unpaired) electrons. The molecule has 0 aromatic carbocycles. The fourth-order valence-electron chi connectivity index (χ4n) is 0.397. The molecule has 0 aromatic heterocycles. The van der Waals surface area contributed by atoms with Crippen molar-refractivity contribution in [1.82, 2.24) is 0 Å². The lowest BCUT2D eigenvalue weighted by Crippen LogP contribution is -1.95. The van der Waals surface area contributed by atoms with Crippen molar-refractivity contribution in [2.75, 3.05) is 6.61 Å². The van der Waals surface area contributed by atoms with E-state index in [-0.39, 0.29) is 5.97 Å². The zero-order chi connectivity index (χ0) is 7.61. The van der Waals surface area contributed by atoms with Gasteiger partial charge in [0.2, 0.25) is 0 Å². The molecule has 1 unspecified atom stereocenters. The van der Waals surface area contributed by atoms with Crippen molar-refractivity contribution in [3.05, 3.63) is 12.3 Å². The number of rotatable bonds is 2. The number of hydrogen-bond donors (Lipinski definition) is 0.